The monoisotopic (exact) mass is 436 g/mol. The normalized spacial score (nSPS) is 20.6. The van der Waals surface area contributed by atoms with Crippen molar-refractivity contribution in [3.63, 3.8) is 0 Å². The van der Waals surface area contributed by atoms with E-state index >= 15 is 0 Å². The van der Waals surface area contributed by atoms with Crippen molar-refractivity contribution in [2.24, 2.45) is 0 Å². The highest BCUT2D eigenvalue weighted by atomic mass is 16.6. The van der Waals surface area contributed by atoms with E-state index in [2.05, 4.69) is 25.4 Å². The van der Waals surface area contributed by atoms with Crippen LogP contribution in [0.4, 0.5) is 0 Å². The number of aromatic nitrogens is 5. The minimum absolute atomic E-state index is 0.107. The van der Waals surface area contributed by atoms with E-state index in [9.17, 15) is 4.79 Å². The number of likely N-dealkylation sites (tertiary alicyclic amines) is 1. The molecule has 168 valence electrons. The Balaban J connectivity index is 1.47. The van der Waals surface area contributed by atoms with Crippen molar-refractivity contribution in [1.82, 2.24) is 30.1 Å². The second kappa shape index (κ2) is 8.20. The van der Waals surface area contributed by atoms with Gasteiger partial charge in [-0.1, -0.05) is 19.3 Å². The molecule has 3 aliphatic rings. The molecule has 1 N–H and O–H groups in total. The molecular formula is C23H28N6O3. The fourth-order valence-corrected chi connectivity index (χ4v) is 5.43. The van der Waals surface area contributed by atoms with Crippen LogP contribution in [0.15, 0.2) is 23.0 Å². The second-order valence-corrected chi connectivity index (χ2v) is 9.06. The molecule has 32 heavy (non-hydrogen) atoms. The van der Waals surface area contributed by atoms with E-state index < -0.39 is 0 Å². The van der Waals surface area contributed by atoms with Gasteiger partial charge < -0.3 is 14.5 Å². The van der Waals surface area contributed by atoms with Crippen molar-refractivity contribution in [2.45, 2.75) is 57.0 Å². The maximum absolute atomic E-state index is 13.4. The van der Waals surface area contributed by atoms with Gasteiger partial charge in [0.2, 0.25) is 0 Å². The number of nitrogens with zero attached hydrogens (tertiary/aromatic N) is 5. The predicted molar refractivity (Wildman–Crippen MR) is 118 cm³/mol. The summed E-state index contributed by atoms with van der Waals surface area (Å²) in [6.45, 7) is 2.91. The van der Waals surface area contributed by atoms with Crippen LogP contribution in [0.2, 0.25) is 0 Å². The number of benzene rings is 1. The van der Waals surface area contributed by atoms with E-state index in [1.165, 1.54) is 19.3 Å². The first kappa shape index (κ1) is 19.7. The number of fused-ring (bicyclic) bond motifs is 2. The summed E-state index contributed by atoms with van der Waals surface area (Å²) < 4.78 is 13.5. The van der Waals surface area contributed by atoms with Gasteiger partial charge in [-0.25, -0.2) is 4.68 Å². The summed E-state index contributed by atoms with van der Waals surface area (Å²) >= 11 is 0. The number of H-pyrrole nitrogens is 1. The van der Waals surface area contributed by atoms with Crippen molar-refractivity contribution >= 4 is 10.9 Å². The molecule has 1 atom stereocenters. The molecule has 1 saturated carbocycles. The van der Waals surface area contributed by atoms with Crippen molar-refractivity contribution in [2.75, 3.05) is 26.3 Å². The molecule has 0 radical (unpaired) electrons. The summed E-state index contributed by atoms with van der Waals surface area (Å²) in [7, 11) is 0. The topological polar surface area (TPSA) is 98.2 Å². The lowest BCUT2D eigenvalue weighted by molar-refractivity contribution is 0.172. The van der Waals surface area contributed by atoms with Crippen LogP contribution >= 0.6 is 0 Å². The molecule has 2 aliphatic heterocycles. The van der Waals surface area contributed by atoms with Crippen LogP contribution in [0.5, 0.6) is 11.5 Å². The van der Waals surface area contributed by atoms with Gasteiger partial charge in [0.25, 0.3) is 5.56 Å². The Hall–Kier alpha value is -2.94. The molecule has 9 nitrogen and oxygen atoms in total. The molecule has 0 spiro atoms. The highest BCUT2D eigenvalue weighted by Crippen LogP contribution is 2.37. The maximum atomic E-state index is 13.4. The van der Waals surface area contributed by atoms with Gasteiger partial charge in [-0.3, -0.25) is 9.69 Å². The summed E-state index contributed by atoms with van der Waals surface area (Å²) in [5.74, 6) is 2.16. The number of rotatable bonds is 4. The molecule has 1 aliphatic carbocycles. The maximum Gasteiger partial charge on any atom is 0.253 e. The van der Waals surface area contributed by atoms with Gasteiger partial charge in [0.15, 0.2) is 17.3 Å². The highest BCUT2D eigenvalue weighted by Gasteiger charge is 2.34. The van der Waals surface area contributed by atoms with E-state index in [-0.39, 0.29) is 11.6 Å². The molecule has 1 saturated heterocycles. The van der Waals surface area contributed by atoms with Crippen LogP contribution < -0.4 is 15.0 Å². The van der Waals surface area contributed by atoms with Gasteiger partial charge in [0.1, 0.15) is 19.3 Å². The summed E-state index contributed by atoms with van der Waals surface area (Å²) in [6.07, 6.45) is 8.07. The van der Waals surface area contributed by atoms with Crippen LogP contribution in [0.3, 0.4) is 0 Å². The Kier molecular flexibility index (Phi) is 5.05. The Labute approximate surface area is 185 Å². The van der Waals surface area contributed by atoms with E-state index in [1.807, 2.05) is 22.9 Å². The summed E-state index contributed by atoms with van der Waals surface area (Å²) in [6, 6.07) is 5.82. The van der Waals surface area contributed by atoms with Crippen LogP contribution in [-0.2, 0) is 0 Å². The zero-order valence-electron chi connectivity index (χ0n) is 18.1. The molecule has 9 heteroatoms. The molecule has 6 rings (SSSR count). The van der Waals surface area contributed by atoms with Gasteiger partial charge in [-0.2, -0.15) is 0 Å². The minimum atomic E-state index is -0.268. The van der Waals surface area contributed by atoms with Crippen LogP contribution in [0, 0.1) is 0 Å². The largest absolute Gasteiger partial charge is 0.486 e. The number of nitrogens with one attached hydrogen (secondary N) is 1. The lowest BCUT2D eigenvalue weighted by Crippen LogP contribution is -2.34. The fraction of sp³-hybridized carbons (Fsp3) is 0.565. The fourth-order valence-electron chi connectivity index (χ4n) is 5.43. The highest BCUT2D eigenvalue weighted by molar-refractivity contribution is 5.83. The molecule has 2 fully saturated rings. The number of hydrogen-bond acceptors (Lipinski definition) is 7. The molecule has 1 unspecified atom stereocenters. The molecule has 0 bridgehead atoms. The number of tetrazole rings is 1. The smallest absolute Gasteiger partial charge is 0.253 e. The first-order valence-electron chi connectivity index (χ1n) is 11.8. The Morgan fingerprint density at radius 1 is 0.969 bits per heavy atom. The van der Waals surface area contributed by atoms with E-state index in [4.69, 9.17) is 9.47 Å². The van der Waals surface area contributed by atoms with Crippen LogP contribution in [0.1, 0.15) is 68.4 Å². The number of ether oxygens (including phenoxy) is 2. The average molecular weight is 437 g/mol. The third-order valence-corrected chi connectivity index (χ3v) is 7.02. The Morgan fingerprint density at radius 2 is 1.72 bits per heavy atom. The molecule has 4 heterocycles. The van der Waals surface area contributed by atoms with E-state index in [0.717, 1.165) is 55.5 Å². The molecule has 1 aromatic carbocycles. The van der Waals surface area contributed by atoms with Crippen LogP contribution in [0.25, 0.3) is 10.9 Å². The van der Waals surface area contributed by atoms with E-state index in [0.29, 0.717) is 36.3 Å². The van der Waals surface area contributed by atoms with Crippen molar-refractivity contribution in [3.05, 3.63) is 39.9 Å². The average Bonchev–Trinajstić information content (AvgIpc) is 3.52. The number of pyridine rings is 1. The lowest BCUT2D eigenvalue weighted by Gasteiger charge is -2.29. The minimum Gasteiger partial charge on any atom is -0.486 e. The standard InChI is InChI=1S/C23H28N6O3/c30-23-17(12-15-13-19-20(14-18(15)24-23)32-11-10-31-19)21(28-8-4-5-9-28)22-25-26-27-29(22)16-6-2-1-3-7-16/h12-14,16,21H,1-11H2,(H,24,30). The quantitative estimate of drug-likeness (QED) is 0.671. The summed E-state index contributed by atoms with van der Waals surface area (Å²) in [5.41, 5.74) is 1.32. The third kappa shape index (κ3) is 3.44. The van der Waals surface area contributed by atoms with Crippen molar-refractivity contribution in [3.8, 4) is 11.5 Å². The zero-order valence-corrected chi connectivity index (χ0v) is 18.1. The first-order chi connectivity index (χ1) is 15.8. The third-order valence-electron chi connectivity index (χ3n) is 7.02. The first-order valence-corrected chi connectivity index (χ1v) is 11.8. The predicted octanol–water partition coefficient (Wildman–Crippen LogP) is 2.98. The van der Waals surface area contributed by atoms with Gasteiger partial charge in [-0.15, -0.1) is 5.10 Å². The Bertz CT molecular complexity index is 1180. The lowest BCUT2D eigenvalue weighted by atomic mass is 9.95. The number of aromatic amines is 1. The zero-order chi connectivity index (χ0) is 21.5. The van der Waals surface area contributed by atoms with Crippen molar-refractivity contribution < 1.29 is 9.47 Å². The summed E-state index contributed by atoms with van der Waals surface area (Å²) in [4.78, 5) is 18.8. The van der Waals surface area contributed by atoms with E-state index in [1.54, 1.807) is 0 Å². The molecule has 3 aromatic rings. The van der Waals surface area contributed by atoms with Gasteiger partial charge in [0.05, 0.1) is 11.6 Å². The van der Waals surface area contributed by atoms with Crippen LogP contribution in [-0.4, -0.2) is 56.4 Å². The van der Waals surface area contributed by atoms with Gasteiger partial charge in [0, 0.05) is 17.0 Å². The van der Waals surface area contributed by atoms with Gasteiger partial charge in [-0.05, 0) is 61.3 Å². The Morgan fingerprint density at radius 3 is 2.50 bits per heavy atom. The molecule has 0 amide bonds. The molecular weight excluding hydrogens is 408 g/mol. The van der Waals surface area contributed by atoms with Crippen molar-refractivity contribution in [1.29, 1.82) is 0 Å². The second-order valence-electron chi connectivity index (χ2n) is 9.06. The summed E-state index contributed by atoms with van der Waals surface area (Å²) in [5, 5.41) is 13.8. The molecule has 2 aromatic heterocycles. The van der Waals surface area contributed by atoms with Gasteiger partial charge >= 0.3 is 0 Å². The number of hydrogen-bond donors (Lipinski definition) is 1. The SMILES string of the molecule is O=c1[nH]c2cc3c(cc2cc1C(c1nnnn1C1CCCCC1)N1CCCC1)OCCO3.